The molecule has 0 radical (unpaired) electrons. The highest BCUT2D eigenvalue weighted by Gasteiger charge is 2.21. The summed E-state index contributed by atoms with van der Waals surface area (Å²) in [6.45, 7) is 6.18. The van der Waals surface area contributed by atoms with Crippen LogP contribution in [-0.4, -0.2) is 67.0 Å². The molecule has 1 aromatic carbocycles. The summed E-state index contributed by atoms with van der Waals surface area (Å²) in [5, 5.41) is 3.48. The number of hydrogen-bond acceptors (Lipinski definition) is 7. The van der Waals surface area contributed by atoms with Crippen LogP contribution in [0.1, 0.15) is 0 Å². The standard InChI is InChI=1S/C18H23N5O2/c1-2-4-17-16(3-1)24-13-15(25-17)11-20-14-22-7-9-23(10-8-22)18-12-19-5-6-21-18/h1-6,12,15,20H,7-11,13-14H2. The number of nitrogens with one attached hydrogen (secondary N) is 1. The van der Waals surface area contributed by atoms with Crippen molar-refractivity contribution < 1.29 is 9.47 Å². The second-order valence-electron chi connectivity index (χ2n) is 6.28. The predicted octanol–water partition coefficient (Wildman–Crippen LogP) is 0.986. The Morgan fingerprint density at radius 3 is 2.72 bits per heavy atom. The first-order valence-corrected chi connectivity index (χ1v) is 8.71. The summed E-state index contributed by atoms with van der Waals surface area (Å²) < 4.78 is 11.7. The Hall–Kier alpha value is -2.38. The Kier molecular flexibility index (Phi) is 4.94. The molecule has 1 atom stereocenters. The predicted molar refractivity (Wildman–Crippen MR) is 95.0 cm³/mol. The molecule has 2 aliphatic heterocycles. The zero-order valence-corrected chi connectivity index (χ0v) is 14.2. The van der Waals surface area contributed by atoms with Crippen molar-refractivity contribution in [1.29, 1.82) is 0 Å². The molecule has 0 spiro atoms. The third-order valence-corrected chi connectivity index (χ3v) is 4.52. The molecule has 1 saturated heterocycles. The van der Waals surface area contributed by atoms with Crippen molar-refractivity contribution >= 4 is 5.82 Å². The fraction of sp³-hybridized carbons (Fsp3) is 0.444. The molecule has 0 aliphatic carbocycles. The van der Waals surface area contributed by atoms with Crippen LogP contribution in [0.25, 0.3) is 0 Å². The fourth-order valence-electron chi connectivity index (χ4n) is 3.14. The molecule has 0 bridgehead atoms. The number of rotatable bonds is 5. The van der Waals surface area contributed by atoms with Gasteiger partial charge in [-0.05, 0) is 12.1 Å². The molecule has 1 unspecified atom stereocenters. The maximum atomic E-state index is 5.97. The van der Waals surface area contributed by atoms with Gasteiger partial charge < -0.3 is 19.7 Å². The Morgan fingerprint density at radius 1 is 1.08 bits per heavy atom. The maximum Gasteiger partial charge on any atom is 0.161 e. The number of hydrogen-bond donors (Lipinski definition) is 1. The van der Waals surface area contributed by atoms with Gasteiger partial charge >= 0.3 is 0 Å². The van der Waals surface area contributed by atoms with Crippen LogP contribution in [0.2, 0.25) is 0 Å². The molecular formula is C18H23N5O2. The summed E-state index contributed by atoms with van der Waals surface area (Å²) in [6.07, 6.45) is 5.33. The zero-order valence-electron chi connectivity index (χ0n) is 14.2. The van der Waals surface area contributed by atoms with Crippen molar-refractivity contribution in [3.05, 3.63) is 42.9 Å². The van der Waals surface area contributed by atoms with Crippen molar-refractivity contribution in [3.8, 4) is 11.5 Å². The first kappa shape index (κ1) is 16.1. The van der Waals surface area contributed by atoms with Crippen LogP contribution in [0.3, 0.4) is 0 Å². The number of anilines is 1. The lowest BCUT2D eigenvalue weighted by molar-refractivity contribution is 0.0859. The lowest BCUT2D eigenvalue weighted by atomic mass is 10.2. The van der Waals surface area contributed by atoms with Gasteiger partial charge in [0.2, 0.25) is 0 Å². The van der Waals surface area contributed by atoms with E-state index in [1.165, 1.54) is 0 Å². The third-order valence-electron chi connectivity index (χ3n) is 4.52. The smallest absolute Gasteiger partial charge is 0.161 e. The molecule has 0 amide bonds. The average Bonchev–Trinajstić information content (AvgIpc) is 2.69. The van der Waals surface area contributed by atoms with Gasteiger partial charge in [-0.1, -0.05) is 12.1 Å². The summed E-state index contributed by atoms with van der Waals surface area (Å²) in [5.41, 5.74) is 0. The second-order valence-corrected chi connectivity index (χ2v) is 6.28. The van der Waals surface area contributed by atoms with Crippen molar-refractivity contribution in [3.63, 3.8) is 0 Å². The fourth-order valence-corrected chi connectivity index (χ4v) is 3.14. The van der Waals surface area contributed by atoms with Crippen LogP contribution in [0.15, 0.2) is 42.9 Å². The summed E-state index contributed by atoms with van der Waals surface area (Å²) in [4.78, 5) is 13.2. The van der Waals surface area contributed by atoms with Crippen LogP contribution >= 0.6 is 0 Å². The highest BCUT2D eigenvalue weighted by molar-refractivity contribution is 5.40. The molecule has 1 fully saturated rings. The van der Waals surface area contributed by atoms with Crippen molar-refractivity contribution in [2.45, 2.75) is 6.10 Å². The van der Waals surface area contributed by atoms with Crippen LogP contribution in [0, 0.1) is 0 Å². The van der Waals surface area contributed by atoms with Gasteiger partial charge in [0, 0.05) is 51.8 Å². The minimum atomic E-state index is 0.0517. The van der Waals surface area contributed by atoms with E-state index in [1.54, 1.807) is 12.4 Å². The van der Waals surface area contributed by atoms with Crippen molar-refractivity contribution in [1.82, 2.24) is 20.2 Å². The number of fused-ring (bicyclic) bond motifs is 1. The van der Waals surface area contributed by atoms with Gasteiger partial charge in [-0.15, -0.1) is 0 Å². The number of nitrogens with zero attached hydrogens (tertiary/aromatic N) is 4. The molecule has 132 valence electrons. The molecule has 3 heterocycles. The van der Waals surface area contributed by atoms with Gasteiger partial charge in [-0.2, -0.15) is 0 Å². The van der Waals surface area contributed by atoms with Gasteiger partial charge in [0.25, 0.3) is 0 Å². The van der Waals surface area contributed by atoms with Crippen LogP contribution in [0.4, 0.5) is 5.82 Å². The molecular weight excluding hydrogens is 318 g/mol. The molecule has 2 aromatic rings. The van der Waals surface area contributed by atoms with Gasteiger partial charge in [-0.25, -0.2) is 4.98 Å². The quantitative estimate of drug-likeness (QED) is 0.870. The van der Waals surface area contributed by atoms with E-state index in [0.717, 1.165) is 56.7 Å². The summed E-state index contributed by atoms with van der Waals surface area (Å²) in [6, 6.07) is 7.82. The first-order valence-electron chi connectivity index (χ1n) is 8.71. The number of para-hydroxylation sites is 2. The highest BCUT2D eigenvalue weighted by Crippen LogP contribution is 2.30. The Bertz CT molecular complexity index is 676. The number of ether oxygens (including phenoxy) is 2. The SMILES string of the molecule is c1ccc2c(c1)OCC(CNCN1CCN(c3cnccn3)CC1)O2. The Morgan fingerprint density at radius 2 is 1.92 bits per heavy atom. The summed E-state index contributed by atoms with van der Waals surface area (Å²) in [5.74, 6) is 2.62. The van der Waals surface area contributed by atoms with Crippen molar-refractivity contribution in [2.24, 2.45) is 0 Å². The monoisotopic (exact) mass is 341 g/mol. The van der Waals surface area contributed by atoms with E-state index in [4.69, 9.17) is 9.47 Å². The van der Waals surface area contributed by atoms with E-state index >= 15 is 0 Å². The largest absolute Gasteiger partial charge is 0.486 e. The molecule has 0 saturated carbocycles. The molecule has 7 heteroatoms. The first-order chi connectivity index (χ1) is 12.4. The van der Waals surface area contributed by atoms with E-state index in [2.05, 4.69) is 25.1 Å². The minimum Gasteiger partial charge on any atom is -0.486 e. The minimum absolute atomic E-state index is 0.0517. The van der Waals surface area contributed by atoms with Crippen LogP contribution < -0.4 is 19.7 Å². The van der Waals surface area contributed by atoms with E-state index in [0.29, 0.717) is 6.61 Å². The van der Waals surface area contributed by atoms with Crippen molar-refractivity contribution in [2.75, 3.05) is 50.9 Å². The van der Waals surface area contributed by atoms with Gasteiger partial charge in [0.05, 0.1) is 6.20 Å². The number of benzene rings is 1. The normalized spacial score (nSPS) is 20.5. The van der Waals surface area contributed by atoms with Gasteiger partial charge in [0.1, 0.15) is 18.5 Å². The van der Waals surface area contributed by atoms with E-state index < -0.39 is 0 Å². The lowest BCUT2D eigenvalue weighted by Gasteiger charge is -2.35. The lowest BCUT2D eigenvalue weighted by Crippen LogP contribution is -2.51. The Balaban J connectivity index is 1.18. The van der Waals surface area contributed by atoms with E-state index in [9.17, 15) is 0 Å². The van der Waals surface area contributed by atoms with Gasteiger partial charge in [-0.3, -0.25) is 9.88 Å². The molecule has 7 nitrogen and oxygen atoms in total. The summed E-state index contributed by atoms with van der Waals surface area (Å²) >= 11 is 0. The molecule has 25 heavy (non-hydrogen) atoms. The topological polar surface area (TPSA) is 62.8 Å². The summed E-state index contributed by atoms with van der Waals surface area (Å²) in [7, 11) is 0. The van der Waals surface area contributed by atoms with Gasteiger partial charge in [0.15, 0.2) is 11.5 Å². The van der Waals surface area contributed by atoms with E-state index in [1.807, 2.05) is 30.5 Å². The third kappa shape index (κ3) is 4.00. The second kappa shape index (κ2) is 7.67. The number of piperazine rings is 1. The zero-order chi connectivity index (χ0) is 16.9. The molecule has 2 aliphatic rings. The molecule has 1 N–H and O–H groups in total. The number of aromatic nitrogens is 2. The molecule has 4 rings (SSSR count). The van der Waals surface area contributed by atoms with Crippen LogP contribution in [0.5, 0.6) is 11.5 Å². The Labute approximate surface area is 147 Å². The molecule has 1 aromatic heterocycles. The van der Waals surface area contributed by atoms with E-state index in [-0.39, 0.29) is 6.10 Å². The highest BCUT2D eigenvalue weighted by atomic mass is 16.6. The van der Waals surface area contributed by atoms with Crippen LogP contribution in [-0.2, 0) is 0 Å². The maximum absolute atomic E-state index is 5.97. The average molecular weight is 341 g/mol.